The van der Waals surface area contributed by atoms with E-state index in [1.165, 1.54) is 19.3 Å². The van der Waals surface area contributed by atoms with E-state index >= 15 is 0 Å². The van der Waals surface area contributed by atoms with Gasteiger partial charge in [0, 0.05) is 12.8 Å². The second-order valence-corrected chi connectivity index (χ2v) is 13.8. The molecular weight excluding hydrogens is 635 g/mol. The van der Waals surface area contributed by atoms with Crippen LogP contribution in [-0.4, -0.2) is 98.3 Å². The fraction of sp³-hybridized carbons (Fsp3) is 0.879. The van der Waals surface area contributed by atoms with Crippen molar-refractivity contribution < 1.29 is 63.1 Å². The summed E-state index contributed by atoms with van der Waals surface area (Å²) in [5, 5.41) is 49.7. The third-order valence-corrected chi connectivity index (χ3v) is 9.09. The standard InChI is InChI=1S/C33H61O13P/c1-3-5-7-9-11-12-13-14-15-16-18-20-22-27(35)45-25(23-43-26(34)21-19-17-10-8-6-4-2)24-44-47(41,42)46-33-31(39)29(37)28(36)30(38)32(33)40/h11-12,25,28-33,36-40H,3-10,13-24H2,1-2H3,(H,41,42)/b12-11-. The lowest BCUT2D eigenvalue weighted by Gasteiger charge is -2.41. The molecule has 6 N–H and O–H groups in total. The van der Waals surface area contributed by atoms with Crippen LogP contribution in [0.5, 0.6) is 0 Å². The lowest BCUT2D eigenvalue weighted by Crippen LogP contribution is -2.64. The van der Waals surface area contributed by atoms with Crippen LogP contribution in [0.3, 0.4) is 0 Å². The van der Waals surface area contributed by atoms with E-state index in [9.17, 15) is 44.6 Å². The van der Waals surface area contributed by atoms with Gasteiger partial charge in [0.15, 0.2) is 6.10 Å². The number of hydrogen-bond donors (Lipinski definition) is 6. The molecule has 0 aromatic rings. The van der Waals surface area contributed by atoms with Crippen molar-refractivity contribution in [3.05, 3.63) is 12.2 Å². The molecule has 0 aliphatic heterocycles. The lowest BCUT2D eigenvalue weighted by molar-refractivity contribution is -0.220. The Morgan fingerprint density at radius 3 is 1.66 bits per heavy atom. The highest BCUT2D eigenvalue weighted by Crippen LogP contribution is 2.47. The van der Waals surface area contributed by atoms with Crippen LogP contribution in [0, 0.1) is 0 Å². The number of phosphoric ester groups is 1. The maximum Gasteiger partial charge on any atom is 0.472 e. The van der Waals surface area contributed by atoms with Gasteiger partial charge in [0.1, 0.15) is 43.2 Å². The van der Waals surface area contributed by atoms with Gasteiger partial charge in [0.05, 0.1) is 6.61 Å². The minimum atomic E-state index is -5.09. The van der Waals surface area contributed by atoms with Crippen LogP contribution in [0.25, 0.3) is 0 Å². The topological polar surface area (TPSA) is 210 Å². The Hall–Kier alpha value is -1.41. The Morgan fingerprint density at radius 2 is 1.09 bits per heavy atom. The molecule has 1 saturated carbocycles. The Kier molecular flexibility index (Phi) is 23.7. The average molecular weight is 697 g/mol. The quantitative estimate of drug-likeness (QED) is 0.0305. The molecule has 13 nitrogen and oxygen atoms in total. The first-order valence-corrected chi connectivity index (χ1v) is 19.0. The van der Waals surface area contributed by atoms with Crippen LogP contribution in [-0.2, 0) is 32.7 Å². The molecule has 0 aromatic heterocycles. The van der Waals surface area contributed by atoms with E-state index in [1.54, 1.807) is 0 Å². The zero-order chi connectivity index (χ0) is 35.1. The summed E-state index contributed by atoms with van der Waals surface area (Å²) in [5.41, 5.74) is 0. The summed E-state index contributed by atoms with van der Waals surface area (Å²) in [7, 11) is -5.09. The van der Waals surface area contributed by atoms with E-state index in [0.29, 0.717) is 12.8 Å². The van der Waals surface area contributed by atoms with Crippen LogP contribution >= 0.6 is 7.82 Å². The SMILES string of the molecule is CCCCC/C=C\CCCCCCCC(=O)OC(COC(=O)CCCCCCCC)COP(=O)(O)OC1C(O)C(O)C(O)C(O)C1O. The summed E-state index contributed by atoms with van der Waals surface area (Å²) >= 11 is 0. The van der Waals surface area contributed by atoms with Gasteiger partial charge in [-0.2, -0.15) is 0 Å². The van der Waals surface area contributed by atoms with Gasteiger partial charge in [-0.25, -0.2) is 4.57 Å². The molecule has 0 aromatic carbocycles. The van der Waals surface area contributed by atoms with Gasteiger partial charge < -0.3 is 39.9 Å². The number of carbonyl (C=O) groups is 2. The van der Waals surface area contributed by atoms with E-state index in [-0.39, 0.29) is 12.8 Å². The van der Waals surface area contributed by atoms with E-state index < -0.39 is 75.7 Å². The molecule has 6 atom stereocenters. The predicted molar refractivity (Wildman–Crippen MR) is 175 cm³/mol. The van der Waals surface area contributed by atoms with Crippen LogP contribution in [0.4, 0.5) is 0 Å². The Balaban J connectivity index is 2.59. The van der Waals surface area contributed by atoms with Gasteiger partial charge in [0.2, 0.25) is 0 Å². The van der Waals surface area contributed by atoms with Crippen LogP contribution in [0.2, 0.25) is 0 Å². The second kappa shape index (κ2) is 25.5. The normalized spacial score (nSPS) is 25.0. The Bertz CT molecular complexity index is 901. The van der Waals surface area contributed by atoms with Crippen molar-refractivity contribution in [2.75, 3.05) is 13.2 Å². The van der Waals surface area contributed by atoms with Gasteiger partial charge in [-0.3, -0.25) is 18.6 Å². The minimum absolute atomic E-state index is 0.0887. The van der Waals surface area contributed by atoms with Gasteiger partial charge in [0.25, 0.3) is 0 Å². The average Bonchev–Trinajstić information content (AvgIpc) is 3.04. The zero-order valence-corrected chi connectivity index (χ0v) is 29.2. The molecule has 1 aliphatic rings. The molecule has 0 spiro atoms. The second-order valence-electron chi connectivity index (χ2n) is 12.4. The lowest BCUT2D eigenvalue weighted by atomic mass is 9.85. The molecule has 0 bridgehead atoms. The summed E-state index contributed by atoms with van der Waals surface area (Å²) in [6.07, 6.45) is 7.71. The van der Waals surface area contributed by atoms with Crippen molar-refractivity contribution in [1.82, 2.24) is 0 Å². The van der Waals surface area contributed by atoms with Gasteiger partial charge >= 0.3 is 19.8 Å². The molecule has 0 saturated heterocycles. The molecule has 6 unspecified atom stereocenters. The number of rotatable bonds is 27. The monoisotopic (exact) mass is 696 g/mol. The van der Waals surface area contributed by atoms with E-state index in [1.807, 2.05) is 0 Å². The van der Waals surface area contributed by atoms with Crippen molar-refractivity contribution in [1.29, 1.82) is 0 Å². The maximum atomic E-state index is 12.7. The molecular formula is C33H61O13P. The van der Waals surface area contributed by atoms with Gasteiger partial charge in [-0.15, -0.1) is 0 Å². The summed E-state index contributed by atoms with van der Waals surface area (Å²) in [5.74, 6) is -1.12. The zero-order valence-electron chi connectivity index (χ0n) is 28.3. The molecule has 0 radical (unpaired) electrons. The summed E-state index contributed by atoms with van der Waals surface area (Å²) in [6.45, 7) is 3.13. The number of aliphatic hydroxyl groups excluding tert-OH is 5. The largest absolute Gasteiger partial charge is 0.472 e. The summed E-state index contributed by atoms with van der Waals surface area (Å²) in [6, 6.07) is 0. The number of ether oxygens (including phenoxy) is 2. The van der Waals surface area contributed by atoms with Gasteiger partial charge in [-0.05, 0) is 38.5 Å². The van der Waals surface area contributed by atoms with Crippen molar-refractivity contribution in [2.24, 2.45) is 0 Å². The summed E-state index contributed by atoms with van der Waals surface area (Å²) < 4.78 is 33.1. The van der Waals surface area contributed by atoms with Crippen LogP contribution in [0.15, 0.2) is 12.2 Å². The third-order valence-electron chi connectivity index (χ3n) is 8.11. The number of hydrogen-bond acceptors (Lipinski definition) is 12. The van der Waals surface area contributed by atoms with Crippen molar-refractivity contribution in [3.8, 4) is 0 Å². The fourth-order valence-corrected chi connectivity index (χ4v) is 6.13. The van der Waals surface area contributed by atoms with E-state index in [0.717, 1.165) is 70.6 Å². The first-order valence-electron chi connectivity index (χ1n) is 17.5. The molecule has 0 heterocycles. The maximum absolute atomic E-state index is 12.7. The molecule has 1 aliphatic carbocycles. The molecule has 1 fully saturated rings. The van der Waals surface area contributed by atoms with Crippen LogP contribution < -0.4 is 0 Å². The number of carbonyl (C=O) groups excluding carboxylic acids is 2. The highest BCUT2D eigenvalue weighted by molar-refractivity contribution is 7.47. The Labute approximate surface area is 280 Å². The van der Waals surface area contributed by atoms with Gasteiger partial charge in [-0.1, -0.05) is 90.2 Å². The number of allylic oxidation sites excluding steroid dienone is 2. The summed E-state index contributed by atoms with van der Waals surface area (Å²) in [4.78, 5) is 35.1. The highest BCUT2D eigenvalue weighted by atomic mass is 31.2. The third kappa shape index (κ3) is 19.4. The first-order chi connectivity index (χ1) is 22.4. The van der Waals surface area contributed by atoms with Crippen molar-refractivity contribution in [3.63, 3.8) is 0 Å². The molecule has 47 heavy (non-hydrogen) atoms. The smallest absolute Gasteiger partial charge is 0.462 e. The predicted octanol–water partition coefficient (Wildman–Crippen LogP) is 4.38. The first kappa shape index (κ1) is 43.6. The molecule has 14 heteroatoms. The molecule has 276 valence electrons. The minimum Gasteiger partial charge on any atom is -0.462 e. The molecule has 0 amide bonds. The number of phosphoric acid groups is 1. The number of aliphatic hydroxyl groups is 5. The Morgan fingerprint density at radius 1 is 0.638 bits per heavy atom. The fourth-order valence-electron chi connectivity index (χ4n) is 5.16. The van der Waals surface area contributed by atoms with Crippen molar-refractivity contribution in [2.45, 2.75) is 172 Å². The molecule has 1 rings (SSSR count). The van der Waals surface area contributed by atoms with E-state index in [2.05, 4.69) is 26.0 Å². The van der Waals surface area contributed by atoms with Crippen molar-refractivity contribution >= 4 is 19.8 Å². The highest BCUT2D eigenvalue weighted by Gasteiger charge is 2.51. The van der Waals surface area contributed by atoms with E-state index in [4.69, 9.17) is 18.5 Å². The number of esters is 2. The number of unbranched alkanes of at least 4 members (excludes halogenated alkanes) is 13. The van der Waals surface area contributed by atoms with Crippen LogP contribution in [0.1, 0.15) is 129 Å².